The molecule has 1 aromatic carbocycles. The maximum Gasteiger partial charge on any atom is 0.359 e. The van der Waals surface area contributed by atoms with E-state index in [1.54, 1.807) is 4.68 Å². The van der Waals surface area contributed by atoms with Gasteiger partial charge in [0.1, 0.15) is 0 Å². The zero-order chi connectivity index (χ0) is 13.7. The van der Waals surface area contributed by atoms with Gasteiger partial charge in [-0.2, -0.15) is 5.10 Å². The Balaban J connectivity index is 2.26. The van der Waals surface area contributed by atoms with Crippen molar-refractivity contribution in [1.82, 2.24) is 9.78 Å². The average Bonchev–Trinajstić information content (AvgIpc) is 2.82. The summed E-state index contributed by atoms with van der Waals surface area (Å²) in [7, 11) is 1.34. The van der Waals surface area contributed by atoms with Crippen LogP contribution >= 0.6 is 0 Å². The van der Waals surface area contributed by atoms with Crippen LogP contribution in [0.4, 0.5) is 4.39 Å². The molecule has 2 rings (SSSR count). The fourth-order valence-corrected chi connectivity index (χ4v) is 2.08. The number of para-hydroxylation sites is 1. The van der Waals surface area contributed by atoms with Gasteiger partial charge in [0.25, 0.3) is 0 Å². The Hall–Kier alpha value is -1.91. The Kier molecular flexibility index (Phi) is 4.49. The fourth-order valence-electron chi connectivity index (χ4n) is 2.08. The lowest BCUT2D eigenvalue weighted by Gasteiger charge is -2.02. The summed E-state index contributed by atoms with van der Waals surface area (Å²) >= 11 is 0. The topological polar surface area (TPSA) is 44.1 Å². The minimum Gasteiger partial charge on any atom is -0.464 e. The molecule has 102 valence electrons. The smallest absolute Gasteiger partial charge is 0.359 e. The molecule has 0 N–H and O–H groups in total. The number of nitrogens with zero attached hydrogens (tertiary/aromatic N) is 2. The first-order valence-corrected chi connectivity index (χ1v) is 6.37. The number of aryl methyl sites for hydroxylation is 1. The van der Waals surface area contributed by atoms with Crippen LogP contribution in [-0.4, -0.2) is 29.5 Å². The molecule has 0 amide bonds. The molecule has 0 spiro atoms. The van der Waals surface area contributed by atoms with Gasteiger partial charge >= 0.3 is 5.97 Å². The number of unbranched alkanes of at least 4 members (excludes halogenated alkanes) is 2. The zero-order valence-electron chi connectivity index (χ0n) is 10.9. The lowest BCUT2D eigenvalue weighted by atomic mass is 10.2. The van der Waals surface area contributed by atoms with Crippen LogP contribution in [0.5, 0.6) is 0 Å². The number of ether oxygens (including phenoxy) is 1. The van der Waals surface area contributed by atoms with Crippen molar-refractivity contribution in [3.8, 4) is 0 Å². The first kappa shape index (κ1) is 13.5. The van der Waals surface area contributed by atoms with Crippen LogP contribution in [0.1, 0.15) is 29.8 Å². The monoisotopic (exact) mass is 264 g/mol. The van der Waals surface area contributed by atoms with Gasteiger partial charge in [-0.05, 0) is 25.3 Å². The number of carbonyl (C=O) groups is 1. The van der Waals surface area contributed by atoms with Gasteiger partial charge in [0.2, 0.25) is 0 Å². The van der Waals surface area contributed by atoms with Crippen LogP contribution < -0.4 is 0 Å². The number of carbonyl (C=O) groups excluding carboxylic acids is 1. The molecule has 0 aliphatic rings. The van der Waals surface area contributed by atoms with Crippen LogP contribution in [-0.2, 0) is 11.3 Å². The second-order valence-electron chi connectivity index (χ2n) is 4.33. The molecule has 0 bridgehead atoms. The molecule has 0 aliphatic carbocycles. The number of hydrogen-bond donors (Lipinski definition) is 0. The van der Waals surface area contributed by atoms with Crippen LogP contribution in [0.2, 0.25) is 0 Å². The zero-order valence-corrected chi connectivity index (χ0v) is 10.9. The first-order chi connectivity index (χ1) is 9.27. The van der Waals surface area contributed by atoms with Crippen molar-refractivity contribution in [3.05, 3.63) is 30.0 Å². The summed E-state index contributed by atoms with van der Waals surface area (Å²) in [5.74, 6) is -0.432. The number of esters is 1. The molecule has 4 nitrogen and oxygen atoms in total. The second kappa shape index (κ2) is 6.31. The minimum atomic E-state index is -0.432. The number of halogens is 1. The van der Waals surface area contributed by atoms with E-state index in [-0.39, 0.29) is 6.67 Å². The Morgan fingerprint density at radius 1 is 1.32 bits per heavy atom. The van der Waals surface area contributed by atoms with Gasteiger partial charge in [-0.3, -0.25) is 9.07 Å². The van der Waals surface area contributed by atoms with Gasteiger partial charge < -0.3 is 4.74 Å². The minimum absolute atomic E-state index is 0.284. The number of methoxy groups -OCH3 is 1. The van der Waals surface area contributed by atoms with Crippen molar-refractivity contribution < 1.29 is 13.9 Å². The Morgan fingerprint density at radius 2 is 2.11 bits per heavy atom. The standard InChI is InChI=1S/C14H17FN2O2/c1-19-14(18)13-11-7-3-4-8-12(11)17(16-13)10-6-2-5-9-15/h3-4,7-8H,2,5-6,9-10H2,1H3. The van der Waals surface area contributed by atoms with E-state index in [9.17, 15) is 9.18 Å². The summed E-state index contributed by atoms with van der Waals surface area (Å²) in [4.78, 5) is 11.7. The SMILES string of the molecule is COC(=O)c1nn(CCCCCF)c2ccccc12. The maximum atomic E-state index is 12.0. The van der Waals surface area contributed by atoms with Gasteiger partial charge in [-0.15, -0.1) is 0 Å². The van der Waals surface area contributed by atoms with E-state index in [0.29, 0.717) is 18.7 Å². The third-order valence-corrected chi connectivity index (χ3v) is 3.04. The quantitative estimate of drug-likeness (QED) is 0.595. The normalized spacial score (nSPS) is 10.8. The van der Waals surface area contributed by atoms with Crippen molar-refractivity contribution >= 4 is 16.9 Å². The van der Waals surface area contributed by atoms with E-state index in [2.05, 4.69) is 5.10 Å². The van der Waals surface area contributed by atoms with Crippen molar-refractivity contribution in [2.24, 2.45) is 0 Å². The molecule has 0 saturated heterocycles. The molecule has 0 saturated carbocycles. The van der Waals surface area contributed by atoms with E-state index >= 15 is 0 Å². The van der Waals surface area contributed by atoms with E-state index in [0.717, 1.165) is 23.7 Å². The molecule has 2 aromatic rings. The van der Waals surface area contributed by atoms with Gasteiger partial charge in [0, 0.05) is 11.9 Å². The Labute approximate surface area is 111 Å². The first-order valence-electron chi connectivity index (χ1n) is 6.37. The molecule has 0 radical (unpaired) electrons. The summed E-state index contributed by atoms with van der Waals surface area (Å²) in [6.07, 6.45) is 2.23. The van der Waals surface area contributed by atoms with Crippen LogP contribution in [0, 0.1) is 0 Å². The Bertz CT molecular complexity index is 566. The molecule has 0 aliphatic heterocycles. The maximum absolute atomic E-state index is 12.0. The van der Waals surface area contributed by atoms with Gasteiger partial charge in [-0.25, -0.2) is 4.79 Å². The predicted molar refractivity (Wildman–Crippen MR) is 70.9 cm³/mol. The van der Waals surface area contributed by atoms with Gasteiger partial charge in [0.05, 0.1) is 19.3 Å². The molecule has 0 fully saturated rings. The summed E-state index contributed by atoms with van der Waals surface area (Å²) in [5, 5.41) is 5.10. The van der Waals surface area contributed by atoms with Crippen molar-refractivity contribution in [3.63, 3.8) is 0 Å². The number of aromatic nitrogens is 2. The lowest BCUT2D eigenvalue weighted by molar-refractivity contribution is 0.0595. The summed E-state index contributed by atoms with van der Waals surface area (Å²) in [6.45, 7) is 0.394. The van der Waals surface area contributed by atoms with E-state index in [4.69, 9.17) is 4.74 Å². The molecule has 0 atom stereocenters. The van der Waals surface area contributed by atoms with E-state index in [1.165, 1.54) is 7.11 Å². The second-order valence-corrected chi connectivity index (χ2v) is 4.33. The fraction of sp³-hybridized carbons (Fsp3) is 0.429. The largest absolute Gasteiger partial charge is 0.464 e. The molecule has 1 heterocycles. The molecular weight excluding hydrogens is 247 g/mol. The lowest BCUT2D eigenvalue weighted by Crippen LogP contribution is -2.05. The van der Waals surface area contributed by atoms with Crippen molar-refractivity contribution in [1.29, 1.82) is 0 Å². The summed E-state index contributed by atoms with van der Waals surface area (Å²) in [5.41, 5.74) is 1.24. The van der Waals surface area contributed by atoms with Crippen LogP contribution in [0.15, 0.2) is 24.3 Å². The third-order valence-electron chi connectivity index (χ3n) is 3.04. The summed E-state index contributed by atoms with van der Waals surface area (Å²) < 4.78 is 18.6. The highest BCUT2D eigenvalue weighted by Gasteiger charge is 2.16. The number of hydrogen-bond acceptors (Lipinski definition) is 3. The Morgan fingerprint density at radius 3 is 2.84 bits per heavy atom. The highest BCUT2D eigenvalue weighted by Crippen LogP contribution is 2.19. The molecule has 1 aromatic heterocycles. The third kappa shape index (κ3) is 2.92. The summed E-state index contributed by atoms with van der Waals surface area (Å²) in [6, 6.07) is 7.55. The van der Waals surface area contributed by atoms with E-state index in [1.807, 2.05) is 24.3 Å². The highest BCUT2D eigenvalue weighted by molar-refractivity contribution is 6.02. The van der Waals surface area contributed by atoms with Crippen LogP contribution in [0.25, 0.3) is 10.9 Å². The van der Waals surface area contributed by atoms with Crippen molar-refractivity contribution in [2.45, 2.75) is 25.8 Å². The van der Waals surface area contributed by atoms with Crippen LogP contribution in [0.3, 0.4) is 0 Å². The number of benzene rings is 1. The molecular formula is C14H17FN2O2. The van der Waals surface area contributed by atoms with E-state index < -0.39 is 5.97 Å². The van der Waals surface area contributed by atoms with Gasteiger partial charge in [0.15, 0.2) is 5.69 Å². The predicted octanol–water partition coefficient (Wildman–Crippen LogP) is 2.96. The molecule has 19 heavy (non-hydrogen) atoms. The molecule has 5 heteroatoms. The highest BCUT2D eigenvalue weighted by atomic mass is 19.1. The average molecular weight is 264 g/mol. The van der Waals surface area contributed by atoms with Crippen molar-refractivity contribution in [2.75, 3.05) is 13.8 Å². The van der Waals surface area contributed by atoms with Gasteiger partial charge in [-0.1, -0.05) is 18.2 Å². The molecule has 0 unspecified atom stereocenters. The number of alkyl halides is 1. The number of rotatable bonds is 6. The number of fused-ring (bicyclic) bond motifs is 1.